The molecule has 15 heavy (non-hydrogen) atoms. The van der Waals surface area contributed by atoms with Crippen molar-refractivity contribution < 1.29 is 0 Å². The summed E-state index contributed by atoms with van der Waals surface area (Å²) in [6, 6.07) is 2.49. The van der Waals surface area contributed by atoms with Crippen molar-refractivity contribution in [3.63, 3.8) is 0 Å². The standard InChI is InChI=1S/C12H19N3/c1-4-5-6-8-13-10-12-7-9-15(14-12)11(2)3/h7,9,11,13H,6,8,10H2,1-3H3. The van der Waals surface area contributed by atoms with Crippen LogP contribution in [-0.2, 0) is 6.54 Å². The minimum Gasteiger partial charge on any atom is -0.310 e. The smallest absolute Gasteiger partial charge is 0.0762 e. The van der Waals surface area contributed by atoms with Gasteiger partial charge in [0.05, 0.1) is 5.69 Å². The van der Waals surface area contributed by atoms with Crippen molar-refractivity contribution in [2.45, 2.75) is 39.8 Å². The number of rotatable bonds is 5. The highest BCUT2D eigenvalue weighted by Crippen LogP contribution is 2.03. The minimum atomic E-state index is 0.435. The zero-order valence-electron chi connectivity index (χ0n) is 9.75. The number of aromatic nitrogens is 2. The molecule has 0 amide bonds. The van der Waals surface area contributed by atoms with E-state index < -0.39 is 0 Å². The Kier molecular flexibility index (Phi) is 4.92. The minimum absolute atomic E-state index is 0.435. The van der Waals surface area contributed by atoms with Crippen LogP contribution in [0.15, 0.2) is 12.3 Å². The predicted octanol–water partition coefficient (Wildman–Crippen LogP) is 1.97. The molecule has 3 nitrogen and oxygen atoms in total. The van der Waals surface area contributed by atoms with Gasteiger partial charge in [0, 0.05) is 31.7 Å². The SMILES string of the molecule is CC#CCCNCc1ccn(C(C)C)n1. The summed E-state index contributed by atoms with van der Waals surface area (Å²) >= 11 is 0. The van der Waals surface area contributed by atoms with Crippen LogP contribution in [0.4, 0.5) is 0 Å². The van der Waals surface area contributed by atoms with E-state index >= 15 is 0 Å². The van der Waals surface area contributed by atoms with E-state index in [0.29, 0.717) is 6.04 Å². The summed E-state index contributed by atoms with van der Waals surface area (Å²) in [5.74, 6) is 5.90. The Labute approximate surface area is 91.9 Å². The quantitative estimate of drug-likeness (QED) is 0.588. The van der Waals surface area contributed by atoms with E-state index in [2.05, 4.69) is 42.2 Å². The Morgan fingerprint density at radius 3 is 2.93 bits per heavy atom. The number of nitrogens with one attached hydrogen (secondary N) is 1. The molecule has 0 saturated heterocycles. The van der Waals surface area contributed by atoms with Gasteiger partial charge in [-0.3, -0.25) is 4.68 Å². The first-order valence-electron chi connectivity index (χ1n) is 5.38. The molecular formula is C12H19N3. The van der Waals surface area contributed by atoms with Gasteiger partial charge in [-0.2, -0.15) is 5.10 Å². The first kappa shape index (κ1) is 11.8. The molecule has 0 aromatic carbocycles. The van der Waals surface area contributed by atoms with Crippen LogP contribution in [0.1, 0.15) is 38.9 Å². The van der Waals surface area contributed by atoms with Crippen LogP contribution < -0.4 is 5.32 Å². The molecule has 0 aliphatic heterocycles. The lowest BCUT2D eigenvalue weighted by atomic mass is 10.4. The van der Waals surface area contributed by atoms with Gasteiger partial charge in [-0.25, -0.2) is 0 Å². The van der Waals surface area contributed by atoms with Gasteiger partial charge in [-0.15, -0.1) is 11.8 Å². The van der Waals surface area contributed by atoms with Gasteiger partial charge in [-0.05, 0) is 26.8 Å². The maximum atomic E-state index is 4.45. The fourth-order valence-corrected chi connectivity index (χ4v) is 1.25. The van der Waals surface area contributed by atoms with Gasteiger partial charge in [0.25, 0.3) is 0 Å². The predicted molar refractivity (Wildman–Crippen MR) is 62.4 cm³/mol. The summed E-state index contributed by atoms with van der Waals surface area (Å²) in [4.78, 5) is 0. The van der Waals surface area contributed by atoms with Gasteiger partial charge < -0.3 is 5.32 Å². The second-order valence-electron chi connectivity index (χ2n) is 3.73. The van der Waals surface area contributed by atoms with E-state index in [1.807, 2.05) is 17.8 Å². The molecule has 1 rings (SSSR count). The molecule has 0 saturated carbocycles. The molecule has 0 spiro atoms. The van der Waals surface area contributed by atoms with Gasteiger partial charge >= 0.3 is 0 Å². The first-order valence-corrected chi connectivity index (χ1v) is 5.38. The Balaban J connectivity index is 2.27. The van der Waals surface area contributed by atoms with E-state index in [1.165, 1.54) is 0 Å². The van der Waals surface area contributed by atoms with Crippen molar-refractivity contribution >= 4 is 0 Å². The molecule has 1 aromatic rings. The van der Waals surface area contributed by atoms with E-state index in [0.717, 1.165) is 25.2 Å². The summed E-state index contributed by atoms with van der Waals surface area (Å²) in [5, 5.41) is 7.76. The van der Waals surface area contributed by atoms with Crippen molar-refractivity contribution in [3.05, 3.63) is 18.0 Å². The van der Waals surface area contributed by atoms with Gasteiger partial charge in [0.2, 0.25) is 0 Å². The molecule has 0 aliphatic rings. The van der Waals surface area contributed by atoms with E-state index in [1.54, 1.807) is 0 Å². The Morgan fingerprint density at radius 2 is 2.33 bits per heavy atom. The number of nitrogens with zero attached hydrogens (tertiary/aromatic N) is 2. The van der Waals surface area contributed by atoms with Crippen molar-refractivity contribution in [2.24, 2.45) is 0 Å². The molecule has 1 aromatic heterocycles. The third-order valence-corrected chi connectivity index (χ3v) is 2.10. The largest absolute Gasteiger partial charge is 0.310 e. The van der Waals surface area contributed by atoms with Crippen LogP contribution in [0.5, 0.6) is 0 Å². The molecule has 0 aliphatic carbocycles. The number of hydrogen-bond acceptors (Lipinski definition) is 2. The molecule has 0 fully saturated rings. The second kappa shape index (κ2) is 6.26. The van der Waals surface area contributed by atoms with Crippen LogP contribution in [0.3, 0.4) is 0 Å². The van der Waals surface area contributed by atoms with E-state index in [4.69, 9.17) is 0 Å². The average Bonchev–Trinajstić information content (AvgIpc) is 2.66. The van der Waals surface area contributed by atoms with Crippen molar-refractivity contribution in [1.82, 2.24) is 15.1 Å². The van der Waals surface area contributed by atoms with E-state index in [-0.39, 0.29) is 0 Å². The summed E-state index contributed by atoms with van der Waals surface area (Å²) in [6.07, 6.45) is 2.93. The first-order chi connectivity index (χ1) is 7.24. The normalized spacial score (nSPS) is 10.1. The molecule has 1 N–H and O–H groups in total. The van der Waals surface area contributed by atoms with Crippen LogP contribution in [-0.4, -0.2) is 16.3 Å². The summed E-state index contributed by atoms with van der Waals surface area (Å²) in [6.45, 7) is 7.87. The van der Waals surface area contributed by atoms with Crippen molar-refractivity contribution in [1.29, 1.82) is 0 Å². The monoisotopic (exact) mass is 205 g/mol. The average molecular weight is 205 g/mol. The van der Waals surface area contributed by atoms with Gasteiger partial charge in [0.1, 0.15) is 0 Å². The zero-order chi connectivity index (χ0) is 11.1. The molecule has 0 bridgehead atoms. The van der Waals surface area contributed by atoms with Gasteiger partial charge in [-0.1, -0.05) is 0 Å². The maximum absolute atomic E-state index is 4.45. The topological polar surface area (TPSA) is 29.9 Å². The highest BCUT2D eigenvalue weighted by molar-refractivity contribution is 4.99. The molecule has 0 atom stereocenters. The number of hydrogen-bond donors (Lipinski definition) is 1. The lowest BCUT2D eigenvalue weighted by Crippen LogP contribution is -2.15. The summed E-state index contributed by atoms with van der Waals surface area (Å²) < 4.78 is 1.98. The Hall–Kier alpha value is -1.27. The Bertz CT molecular complexity index is 341. The van der Waals surface area contributed by atoms with Crippen LogP contribution in [0.2, 0.25) is 0 Å². The fourth-order valence-electron chi connectivity index (χ4n) is 1.25. The van der Waals surface area contributed by atoms with Crippen LogP contribution >= 0.6 is 0 Å². The zero-order valence-corrected chi connectivity index (χ0v) is 9.75. The second-order valence-corrected chi connectivity index (χ2v) is 3.73. The lowest BCUT2D eigenvalue weighted by Gasteiger charge is -2.04. The highest BCUT2D eigenvalue weighted by Gasteiger charge is 2.00. The summed E-state index contributed by atoms with van der Waals surface area (Å²) in [5.41, 5.74) is 1.09. The maximum Gasteiger partial charge on any atom is 0.0762 e. The van der Waals surface area contributed by atoms with Crippen LogP contribution in [0.25, 0.3) is 0 Å². The molecular weight excluding hydrogens is 186 g/mol. The third-order valence-electron chi connectivity index (χ3n) is 2.10. The van der Waals surface area contributed by atoms with Crippen molar-refractivity contribution in [2.75, 3.05) is 6.54 Å². The van der Waals surface area contributed by atoms with E-state index in [9.17, 15) is 0 Å². The fraction of sp³-hybridized carbons (Fsp3) is 0.583. The molecule has 82 valence electrons. The highest BCUT2D eigenvalue weighted by atomic mass is 15.3. The van der Waals surface area contributed by atoms with Gasteiger partial charge in [0.15, 0.2) is 0 Å². The molecule has 0 radical (unpaired) electrons. The van der Waals surface area contributed by atoms with Crippen molar-refractivity contribution in [3.8, 4) is 11.8 Å². The molecule has 0 unspecified atom stereocenters. The van der Waals surface area contributed by atoms with Crippen LogP contribution in [0, 0.1) is 11.8 Å². The third kappa shape index (κ3) is 4.18. The lowest BCUT2D eigenvalue weighted by molar-refractivity contribution is 0.522. The summed E-state index contributed by atoms with van der Waals surface area (Å²) in [7, 11) is 0. The Morgan fingerprint density at radius 1 is 1.53 bits per heavy atom. The molecule has 3 heteroatoms. The molecule has 1 heterocycles.